The molecular formula is C10H11F3N2O. The van der Waals surface area contributed by atoms with Gasteiger partial charge in [-0.15, -0.1) is 0 Å². The van der Waals surface area contributed by atoms with Crippen LogP contribution in [0.1, 0.15) is 5.56 Å². The van der Waals surface area contributed by atoms with Crippen LogP contribution in [0.4, 0.5) is 18.9 Å². The predicted molar refractivity (Wildman–Crippen MR) is 53.9 cm³/mol. The molecule has 0 unspecified atom stereocenters. The fourth-order valence-corrected chi connectivity index (χ4v) is 1.12. The fourth-order valence-electron chi connectivity index (χ4n) is 1.12. The number of hydrogen-bond donors (Lipinski definition) is 2. The third-order valence-corrected chi connectivity index (χ3v) is 1.90. The van der Waals surface area contributed by atoms with Gasteiger partial charge in [0.25, 0.3) is 0 Å². The molecule has 0 aliphatic heterocycles. The molecular weight excluding hydrogens is 221 g/mol. The molecule has 0 saturated carbocycles. The highest BCUT2D eigenvalue weighted by molar-refractivity contribution is 5.94. The number of carbonyl (C=O) groups is 1. The summed E-state index contributed by atoms with van der Waals surface area (Å²) < 4.78 is 35.7. The first-order valence-corrected chi connectivity index (χ1v) is 4.60. The molecule has 1 amide bonds. The molecule has 0 fully saturated rings. The lowest BCUT2D eigenvalue weighted by Crippen LogP contribution is -2.29. The van der Waals surface area contributed by atoms with Gasteiger partial charge in [-0.05, 0) is 30.7 Å². The summed E-state index contributed by atoms with van der Waals surface area (Å²) in [4.78, 5) is 10.6. The normalized spacial score (nSPS) is 11.2. The molecule has 0 aromatic heterocycles. The van der Waals surface area contributed by atoms with Gasteiger partial charge in [-0.3, -0.25) is 4.79 Å². The van der Waals surface area contributed by atoms with E-state index in [1.54, 1.807) is 17.4 Å². The Labute approximate surface area is 90.4 Å². The lowest BCUT2D eigenvalue weighted by atomic mass is 10.1. The van der Waals surface area contributed by atoms with Gasteiger partial charge in [-0.2, -0.15) is 13.2 Å². The molecule has 0 spiro atoms. The van der Waals surface area contributed by atoms with Crippen molar-refractivity contribution in [3.8, 4) is 0 Å². The summed E-state index contributed by atoms with van der Waals surface area (Å²) >= 11 is 0. The van der Waals surface area contributed by atoms with Gasteiger partial charge in [0.2, 0.25) is 0 Å². The average Bonchev–Trinajstić information content (AvgIpc) is 2.20. The van der Waals surface area contributed by atoms with Gasteiger partial charge >= 0.3 is 12.1 Å². The van der Waals surface area contributed by atoms with E-state index in [9.17, 15) is 18.0 Å². The minimum atomic E-state index is -4.87. The van der Waals surface area contributed by atoms with Gasteiger partial charge in [0, 0.05) is 5.69 Å². The van der Waals surface area contributed by atoms with Gasteiger partial charge in [-0.1, -0.05) is 12.1 Å². The van der Waals surface area contributed by atoms with Crippen LogP contribution >= 0.6 is 0 Å². The molecule has 16 heavy (non-hydrogen) atoms. The van der Waals surface area contributed by atoms with Crippen LogP contribution in [0.25, 0.3) is 0 Å². The van der Waals surface area contributed by atoms with E-state index in [-0.39, 0.29) is 5.69 Å². The number of alkyl halides is 3. The zero-order valence-electron chi connectivity index (χ0n) is 8.34. The fraction of sp³-hybridized carbons (Fsp3) is 0.300. The Bertz CT molecular complexity index is 359. The molecule has 0 heterocycles. The molecule has 1 aromatic carbocycles. The van der Waals surface area contributed by atoms with Crippen molar-refractivity contribution in [3.05, 3.63) is 29.8 Å². The second kappa shape index (κ2) is 4.98. The largest absolute Gasteiger partial charge is 0.471 e. The van der Waals surface area contributed by atoms with Crippen molar-refractivity contribution in [3.63, 3.8) is 0 Å². The average molecular weight is 232 g/mol. The Kier molecular flexibility index (Phi) is 3.89. The maximum Gasteiger partial charge on any atom is 0.471 e. The lowest BCUT2D eigenvalue weighted by Gasteiger charge is -2.08. The minimum Gasteiger partial charge on any atom is -0.330 e. The van der Waals surface area contributed by atoms with Gasteiger partial charge < -0.3 is 11.1 Å². The summed E-state index contributed by atoms with van der Waals surface area (Å²) in [5.74, 6) is -1.97. The van der Waals surface area contributed by atoms with Crippen LogP contribution in [0.15, 0.2) is 24.3 Å². The van der Waals surface area contributed by atoms with Crippen molar-refractivity contribution >= 4 is 11.6 Å². The summed E-state index contributed by atoms with van der Waals surface area (Å²) in [5, 5.41) is 1.76. The molecule has 0 bridgehead atoms. The monoisotopic (exact) mass is 232 g/mol. The molecule has 0 aliphatic rings. The predicted octanol–water partition coefficient (Wildman–Crippen LogP) is 1.69. The number of anilines is 1. The highest BCUT2D eigenvalue weighted by Crippen LogP contribution is 2.18. The molecule has 0 saturated heterocycles. The van der Waals surface area contributed by atoms with E-state index in [2.05, 4.69) is 0 Å². The number of nitrogens with two attached hydrogens (primary N) is 1. The summed E-state index contributed by atoms with van der Waals surface area (Å²) in [7, 11) is 0. The van der Waals surface area contributed by atoms with Crippen molar-refractivity contribution < 1.29 is 18.0 Å². The first-order chi connectivity index (χ1) is 7.43. The third kappa shape index (κ3) is 3.54. The lowest BCUT2D eigenvalue weighted by molar-refractivity contribution is -0.167. The molecule has 6 heteroatoms. The van der Waals surface area contributed by atoms with E-state index in [0.717, 1.165) is 5.56 Å². The summed E-state index contributed by atoms with van der Waals surface area (Å²) in [6, 6.07) is 6.07. The van der Waals surface area contributed by atoms with Crippen LogP contribution in [0.2, 0.25) is 0 Å². The molecule has 0 radical (unpaired) electrons. The van der Waals surface area contributed by atoms with Crippen molar-refractivity contribution in [2.75, 3.05) is 11.9 Å². The van der Waals surface area contributed by atoms with Crippen LogP contribution in [0.3, 0.4) is 0 Å². The van der Waals surface area contributed by atoms with Gasteiger partial charge in [-0.25, -0.2) is 0 Å². The van der Waals surface area contributed by atoms with E-state index >= 15 is 0 Å². The molecule has 3 N–H and O–H groups in total. The quantitative estimate of drug-likeness (QED) is 0.833. The Morgan fingerprint density at radius 3 is 2.25 bits per heavy atom. The zero-order valence-corrected chi connectivity index (χ0v) is 8.34. The van der Waals surface area contributed by atoms with Crippen molar-refractivity contribution in [2.45, 2.75) is 12.6 Å². The molecule has 0 aliphatic carbocycles. The highest BCUT2D eigenvalue weighted by atomic mass is 19.4. The SMILES string of the molecule is NCCc1ccc(NC(=O)C(F)(F)F)cc1. The minimum absolute atomic E-state index is 0.114. The van der Waals surface area contributed by atoms with Crippen molar-refractivity contribution in [1.82, 2.24) is 0 Å². The maximum absolute atomic E-state index is 11.9. The number of benzene rings is 1. The van der Waals surface area contributed by atoms with Crippen LogP contribution in [-0.2, 0) is 11.2 Å². The van der Waals surface area contributed by atoms with Gasteiger partial charge in [0.15, 0.2) is 0 Å². The van der Waals surface area contributed by atoms with Crippen molar-refractivity contribution in [1.29, 1.82) is 0 Å². The van der Waals surface area contributed by atoms with E-state index in [0.29, 0.717) is 13.0 Å². The number of rotatable bonds is 3. The van der Waals surface area contributed by atoms with Crippen molar-refractivity contribution in [2.24, 2.45) is 5.73 Å². The number of hydrogen-bond acceptors (Lipinski definition) is 2. The van der Waals surface area contributed by atoms with Crippen LogP contribution < -0.4 is 11.1 Å². The van der Waals surface area contributed by atoms with E-state index < -0.39 is 12.1 Å². The van der Waals surface area contributed by atoms with Crippen LogP contribution in [-0.4, -0.2) is 18.6 Å². The topological polar surface area (TPSA) is 55.1 Å². The third-order valence-electron chi connectivity index (χ3n) is 1.90. The van der Waals surface area contributed by atoms with E-state index in [1.807, 2.05) is 0 Å². The second-order valence-corrected chi connectivity index (χ2v) is 3.19. The van der Waals surface area contributed by atoms with E-state index in [4.69, 9.17) is 5.73 Å². The summed E-state index contributed by atoms with van der Waals surface area (Å²) in [5.41, 5.74) is 6.34. The number of amides is 1. The van der Waals surface area contributed by atoms with Gasteiger partial charge in [0.1, 0.15) is 0 Å². The molecule has 3 nitrogen and oxygen atoms in total. The number of nitrogens with one attached hydrogen (secondary N) is 1. The highest BCUT2D eigenvalue weighted by Gasteiger charge is 2.38. The molecule has 1 rings (SSSR count). The zero-order chi connectivity index (χ0) is 12.2. The smallest absolute Gasteiger partial charge is 0.330 e. The first kappa shape index (κ1) is 12.5. The van der Waals surface area contributed by atoms with Crippen LogP contribution in [0, 0.1) is 0 Å². The second-order valence-electron chi connectivity index (χ2n) is 3.19. The van der Waals surface area contributed by atoms with Gasteiger partial charge in [0.05, 0.1) is 0 Å². The standard InChI is InChI=1S/C10H11F3N2O/c11-10(12,13)9(16)15-8-3-1-7(2-4-8)5-6-14/h1-4H,5-6,14H2,(H,15,16). The summed E-state index contributed by atoms with van der Waals surface area (Å²) in [6.45, 7) is 0.467. The number of carbonyl (C=O) groups excluding carboxylic acids is 1. The Morgan fingerprint density at radius 1 is 1.25 bits per heavy atom. The summed E-state index contributed by atoms with van der Waals surface area (Å²) in [6.07, 6.45) is -4.22. The van der Waals surface area contributed by atoms with E-state index in [1.165, 1.54) is 12.1 Å². The Balaban J connectivity index is 2.65. The Hall–Kier alpha value is -1.56. The maximum atomic E-state index is 11.9. The Morgan fingerprint density at radius 2 is 1.81 bits per heavy atom. The molecule has 0 atom stereocenters. The molecule has 1 aromatic rings. The molecule has 88 valence electrons. The van der Waals surface area contributed by atoms with Crippen LogP contribution in [0.5, 0.6) is 0 Å². The first-order valence-electron chi connectivity index (χ1n) is 4.60. The number of halogens is 3.